The quantitative estimate of drug-likeness (QED) is 0.506. The van der Waals surface area contributed by atoms with Crippen molar-refractivity contribution in [3.63, 3.8) is 0 Å². The standard InChI is InChI=1S/C14H29NO/c1-6-14(5,7-2)12-13(16-12)15-10-8-9-11(3)4/h11-13,15H,6-10H2,1-5H3. The van der Waals surface area contributed by atoms with E-state index >= 15 is 0 Å². The molecule has 2 nitrogen and oxygen atoms in total. The van der Waals surface area contributed by atoms with Gasteiger partial charge in [-0.25, -0.2) is 0 Å². The van der Waals surface area contributed by atoms with Crippen molar-refractivity contribution in [2.24, 2.45) is 11.3 Å². The Morgan fingerprint density at radius 3 is 2.38 bits per heavy atom. The van der Waals surface area contributed by atoms with Crippen LogP contribution in [-0.2, 0) is 4.74 Å². The lowest BCUT2D eigenvalue weighted by atomic mass is 9.81. The highest BCUT2D eigenvalue weighted by molar-refractivity contribution is 4.95. The van der Waals surface area contributed by atoms with Crippen LogP contribution in [0, 0.1) is 11.3 Å². The minimum Gasteiger partial charge on any atom is -0.353 e. The maximum Gasteiger partial charge on any atom is 0.135 e. The maximum absolute atomic E-state index is 5.76. The van der Waals surface area contributed by atoms with Crippen molar-refractivity contribution >= 4 is 0 Å². The van der Waals surface area contributed by atoms with Gasteiger partial charge in [-0.15, -0.1) is 0 Å². The molecule has 0 bridgehead atoms. The van der Waals surface area contributed by atoms with Gasteiger partial charge in [0.25, 0.3) is 0 Å². The highest BCUT2D eigenvalue weighted by Gasteiger charge is 2.49. The summed E-state index contributed by atoms with van der Waals surface area (Å²) in [6.45, 7) is 12.5. The second-order valence-electron chi connectivity index (χ2n) is 5.83. The minimum absolute atomic E-state index is 0.331. The van der Waals surface area contributed by atoms with Crippen LogP contribution in [0.25, 0.3) is 0 Å². The summed E-state index contributed by atoms with van der Waals surface area (Å²) in [6, 6.07) is 0. The summed E-state index contributed by atoms with van der Waals surface area (Å²) in [5.41, 5.74) is 0.371. The van der Waals surface area contributed by atoms with Crippen molar-refractivity contribution in [1.82, 2.24) is 5.32 Å². The summed E-state index contributed by atoms with van der Waals surface area (Å²) in [5, 5.41) is 3.51. The zero-order valence-electron chi connectivity index (χ0n) is 11.7. The second-order valence-corrected chi connectivity index (χ2v) is 5.83. The molecule has 2 heteroatoms. The van der Waals surface area contributed by atoms with Crippen LogP contribution in [0.5, 0.6) is 0 Å². The molecule has 2 atom stereocenters. The number of hydrogen-bond acceptors (Lipinski definition) is 2. The van der Waals surface area contributed by atoms with Crippen LogP contribution >= 0.6 is 0 Å². The Bertz CT molecular complexity index is 199. The Balaban J connectivity index is 2.14. The average molecular weight is 227 g/mol. The Kier molecular flexibility index (Phi) is 5.26. The molecule has 1 aliphatic rings. The lowest BCUT2D eigenvalue weighted by Gasteiger charge is -2.24. The van der Waals surface area contributed by atoms with Crippen molar-refractivity contribution < 1.29 is 4.74 Å². The fourth-order valence-electron chi connectivity index (χ4n) is 2.20. The number of ether oxygens (including phenoxy) is 1. The van der Waals surface area contributed by atoms with Crippen LogP contribution in [0.1, 0.15) is 60.3 Å². The molecule has 0 amide bonds. The van der Waals surface area contributed by atoms with Crippen molar-refractivity contribution in [2.75, 3.05) is 6.54 Å². The molecule has 1 heterocycles. The first-order valence-corrected chi connectivity index (χ1v) is 6.92. The van der Waals surface area contributed by atoms with Crippen LogP contribution < -0.4 is 5.32 Å². The number of hydrogen-bond donors (Lipinski definition) is 1. The summed E-state index contributed by atoms with van der Waals surface area (Å²) in [5.74, 6) is 0.814. The van der Waals surface area contributed by atoms with Gasteiger partial charge in [0, 0.05) is 0 Å². The van der Waals surface area contributed by atoms with Crippen LogP contribution in [0.3, 0.4) is 0 Å². The van der Waals surface area contributed by atoms with Gasteiger partial charge in [-0.05, 0) is 43.6 Å². The summed E-state index contributed by atoms with van der Waals surface area (Å²) in [4.78, 5) is 0. The molecule has 0 saturated carbocycles. The highest BCUT2D eigenvalue weighted by Crippen LogP contribution is 2.42. The Morgan fingerprint density at radius 1 is 1.25 bits per heavy atom. The molecule has 1 aliphatic heterocycles. The molecular weight excluding hydrogens is 198 g/mol. The van der Waals surface area contributed by atoms with Crippen LogP contribution in [0.2, 0.25) is 0 Å². The first kappa shape index (κ1) is 14.0. The number of epoxide rings is 1. The van der Waals surface area contributed by atoms with Gasteiger partial charge in [0.15, 0.2) is 0 Å². The van der Waals surface area contributed by atoms with E-state index < -0.39 is 0 Å². The molecule has 0 aromatic heterocycles. The van der Waals surface area contributed by atoms with Gasteiger partial charge in [0.05, 0.1) is 0 Å². The van der Waals surface area contributed by atoms with Gasteiger partial charge in [-0.1, -0.05) is 34.6 Å². The molecule has 2 unspecified atom stereocenters. The predicted octanol–water partition coefficient (Wildman–Crippen LogP) is 3.56. The maximum atomic E-state index is 5.76. The zero-order valence-corrected chi connectivity index (χ0v) is 11.7. The van der Waals surface area contributed by atoms with Crippen LogP contribution in [-0.4, -0.2) is 18.9 Å². The molecule has 1 fully saturated rings. The zero-order chi connectivity index (χ0) is 12.2. The molecular formula is C14H29NO. The first-order valence-electron chi connectivity index (χ1n) is 6.92. The van der Waals surface area contributed by atoms with E-state index in [0.717, 1.165) is 12.5 Å². The van der Waals surface area contributed by atoms with Gasteiger partial charge < -0.3 is 4.74 Å². The lowest BCUT2D eigenvalue weighted by molar-refractivity contribution is 0.202. The minimum atomic E-state index is 0.331. The molecule has 1 N–H and O–H groups in total. The SMILES string of the molecule is CCC(C)(CC)C1OC1NCCCC(C)C. The van der Waals surface area contributed by atoms with Gasteiger partial charge in [-0.3, -0.25) is 5.32 Å². The van der Waals surface area contributed by atoms with E-state index in [1.54, 1.807) is 0 Å². The van der Waals surface area contributed by atoms with Gasteiger partial charge in [0.1, 0.15) is 12.3 Å². The van der Waals surface area contributed by atoms with E-state index in [4.69, 9.17) is 4.74 Å². The van der Waals surface area contributed by atoms with Crippen molar-refractivity contribution in [3.8, 4) is 0 Å². The molecule has 0 radical (unpaired) electrons. The second kappa shape index (κ2) is 6.02. The Morgan fingerprint density at radius 2 is 1.88 bits per heavy atom. The lowest BCUT2D eigenvalue weighted by Crippen LogP contribution is -2.29. The molecule has 1 saturated heterocycles. The highest BCUT2D eigenvalue weighted by atomic mass is 16.6. The van der Waals surface area contributed by atoms with E-state index in [1.165, 1.54) is 25.7 Å². The Labute approximate surface area is 101 Å². The summed E-state index contributed by atoms with van der Waals surface area (Å²) in [6.07, 6.45) is 5.76. The predicted molar refractivity (Wildman–Crippen MR) is 69.4 cm³/mol. The number of nitrogens with one attached hydrogen (secondary N) is 1. The van der Waals surface area contributed by atoms with Crippen LogP contribution in [0.15, 0.2) is 0 Å². The van der Waals surface area contributed by atoms with E-state index in [2.05, 4.69) is 39.9 Å². The summed E-state index contributed by atoms with van der Waals surface area (Å²) in [7, 11) is 0. The topological polar surface area (TPSA) is 24.6 Å². The molecule has 0 aliphatic carbocycles. The van der Waals surface area contributed by atoms with Crippen LogP contribution in [0.4, 0.5) is 0 Å². The smallest absolute Gasteiger partial charge is 0.135 e. The fraction of sp³-hybridized carbons (Fsp3) is 1.00. The third kappa shape index (κ3) is 3.74. The van der Waals surface area contributed by atoms with Crippen molar-refractivity contribution in [1.29, 1.82) is 0 Å². The van der Waals surface area contributed by atoms with E-state index in [0.29, 0.717) is 17.7 Å². The first-order chi connectivity index (χ1) is 7.53. The fourth-order valence-corrected chi connectivity index (χ4v) is 2.20. The number of rotatable bonds is 8. The molecule has 0 spiro atoms. The van der Waals surface area contributed by atoms with E-state index in [9.17, 15) is 0 Å². The molecule has 0 aromatic rings. The van der Waals surface area contributed by atoms with E-state index in [-0.39, 0.29) is 0 Å². The molecule has 16 heavy (non-hydrogen) atoms. The van der Waals surface area contributed by atoms with Crippen molar-refractivity contribution in [3.05, 3.63) is 0 Å². The Hall–Kier alpha value is -0.0800. The summed E-state index contributed by atoms with van der Waals surface area (Å²) >= 11 is 0. The largest absolute Gasteiger partial charge is 0.353 e. The third-order valence-electron chi connectivity index (χ3n) is 4.10. The third-order valence-corrected chi connectivity index (χ3v) is 4.10. The van der Waals surface area contributed by atoms with Crippen molar-refractivity contribution in [2.45, 2.75) is 72.6 Å². The van der Waals surface area contributed by atoms with Gasteiger partial charge in [-0.2, -0.15) is 0 Å². The summed E-state index contributed by atoms with van der Waals surface area (Å²) < 4.78 is 5.76. The van der Waals surface area contributed by atoms with Gasteiger partial charge >= 0.3 is 0 Å². The monoisotopic (exact) mass is 227 g/mol. The van der Waals surface area contributed by atoms with E-state index in [1.807, 2.05) is 0 Å². The average Bonchev–Trinajstić information content (AvgIpc) is 3.03. The van der Waals surface area contributed by atoms with Gasteiger partial charge in [0.2, 0.25) is 0 Å². The molecule has 1 rings (SSSR count). The molecule has 0 aromatic carbocycles. The normalized spacial score (nSPS) is 25.1. The molecule has 96 valence electrons.